The predicted octanol–water partition coefficient (Wildman–Crippen LogP) is 1.75. The van der Waals surface area contributed by atoms with E-state index >= 15 is 0 Å². The van der Waals surface area contributed by atoms with Gasteiger partial charge in [-0.15, -0.1) is 5.10 Å². The van der Waals surface area contributed by atoms with Crippen LogP contribution in [0.3, 0.4) is 0 Å². The van der Waals surface area contributed by atoms with Crippen molar-refractivity contribution in [3.8, 4) is 0 Å². The van der Waals surface area contributed by atoms with E-state index in [4.69, 9.17) is 4.74 Å². The molecule has 130 valence electrons. The first-order chi connectivity index (χ1) is 11.6. The van der Waals surface area contributed by atoms with Crippen molar-refractivity contribution in [2.24, 2.45) is 0 Å². The van der Waals surface area contributed by atoms with Crippen molar-refractivity contribution in [3.05, 3.63) is 22.1 Å². The number of carbonyl (C=O) groups excluding carboxylic acids is 1. The molecule has 1 amide bonds. The third-order valence-corrected chi connectivity index (χ3v) is 4.83. The van der Waals surface area contributed by atoms with Gasteiger partial charge in [0.25, 0.3) is 5.56 Å². The molecular weight excluding hydrogens is 330 g/mol. The number of aromatic nitrogens is 3. The predicted molar refractivity (Wildman–Crippen MR) is 91.8 cm³/mol. The average molecular weight is 351 g/mol. The molecule has 24 heavy (non-hydrogen) atoms. The van der Waals surface area contributed by atoms with Crippen molar-refractivity contribution in [3.63, 3.8) is 0 Å². The molecule has 3 heterocycles. The van der Waals surface area contributed by atoms with Gasteiger partial charge in [-0.2, -0.15) is 4.52 Å². The molecule has 1 aliphatic heterocycles. The zero-order valence-corrected chi connectivity index (χ0v) is 14.6. The summed E-state index contributed by atoms with van der Waals surface area (Å²) in [5.41, 5.74) is 0.639. The van der Waals surface area contributed by atoms with Crippen molar-refractivity contribution in [1.82, 2.24) is 19.5 Å². The lowest BCUT2D eigenvalue weighted by atomic mass is 10.1. The van der Waals surface area contributed by atoms with Gasteiger partial charge >= 0.3 is 6.09 Å². The molecule has 9 heteroatoms. The Morgan fingerprint density at radius 1 is 1.54 bits per heavy atom. The number of aryl methyl sites for hydroxylation is 1. The summed E-state index contributed by atoms with van der Waals surface area (Å²) in [4.78, 5) is 30.5. The third kappa shape index (κ3) is 3.50. The Hall–Kier alpha value is -2.16. The molecule has 2 aromatic heterocycles. The minimum absolute atomic E-state index is 0.0872. The van der Waals surface area contributed by atoms with E-state index < -0.39 is 0 Å². The molecule has 2 aromatic rings. The van der Waals surface area contributed by atoms with E-state index in [-0.39, 0.29) is 17.7 Å². The van der Waals surface area contributed by atoms with Crippen molar-refractivity contribution in [1.29, 1.82) is 0 Å². The van der Waals surface area contributed by atoms with E-state index in [0.29, 0.717) is 23.2 Å². The number of amides is 1. The van der Waals surface area contributed by atoms with Crippen LogP contribution in [0.1, 0.15) is 31.9 Å². The maximum absolute atomic E-state index is 12.1. The first-order valence-corrected chi connectivity index (χ1v) is 8.91. The van der Waals surface area contributed by atoms with Crippen LogP contribution in [-0.2, 0) is 11.2 Å². The molecule has 0 aromatic carbocycles. The summed E-state index contributed by atoms with van der Waals surface area (Å²) in [6, 6.07) is 1.63. The van der Waals surface area contributed by atoms with Crippen LogP contribution in [0.5, 0.6) is 0 Å². The van der Waals surface area contributed by atoms with E-state index in [1.54, 1.807) is 11.0 Å². The van der Waals surface area contributed by atoms with Gasteiger partial charge in [-0.3, -0.25) is 4.79 Å². The van der Waals surface area contributed by atoms with E-state index in [2.05, 4.69) is 22.3 Å². The van der Waals surface area contributed by atoms with Crippen LogP contribution in [0.25, 0.3) is 4.96 Å². The summed E-state index contributed by atoms with van der Waals surface area (Å²) >= 11 is 1.36. The zero-order valence-electron chi connectivity index (χ0n) is 13.8. The van der Waals surface area contributed by atoms with Crippen molar-refractivity contribution >= 4 is 27.5 Å². The Labute approximate surface area is 143 Å². The van der Waals surface area contributed by atoms with Crippen LogP contribution in [0.4, 0.5) is 9.93 Å². The molecule has 1 aliphatic rings. The second-order valence-electron chi connectivity index (χ2n) is 5.84. The average Bonchev–Trinajstić information content (AvgIpc) is 2.97. The lowest BCUT2D eigenvalue weighted by Gasteiger charge is -2.31. The van der Waals surface area contributed by atoms with E-state index in [0.717, 1.165) is 31.4 Å². The number of fused-ring (bicyclic) bond motifs is 1. The van der Waals surface area contributed by atoms with Gasteiger partial charge in [0.1, 0.15) is 0 Å². The number of nitrogens with one attached hydrogen (secondary N) is 1. The van der Waals surface area contributed by atoms with E-state index in [1.807, 2.05) is 0 Å². The molecule has 0 spiro atoms. The maximum Gasteiger partial charge on any atom is 0.409 e. The second kappa shape index (κ2) is 7.16. The molecule has 0 aliphatic carbocycles. The molecule has 0 saturated carbocycles. The number of likely N-dealkylation sites (tertiary alicyclic amines) is 1. The molecule has 1 atom stereocenters. The van der Waals surface area contributed by atoms with Crippen LogP contribution in [0, 0.1) is 0 Å². The van der Waals surface area contributed by atoms with Crippen molar-refractivity contribution in [2.75, 3.05) is 25.5 Å². The molecular formula is C15H21N5O3S. The van der Waals surface area contributed by atoms with Crippen LogP contribution in [0.15, 0.2) is 10.9 Å². The summed E-state index contributed by atoms with van der Waals surface area (Å²) in [6.07, 6.45) is 3.25. The van der Waals surface area contributed by atoms with Gasteiger partial charge < -0.3 is 15.0 Å². The summed E-state index contributed by atoms with van der Waals surface area (Å²) in [7, 11) is 1.39. The van der Waals surface area contributed by atoms with Gasteiger partial charge in [-0.25, -0.2) is 9.78 Å². The fourth-order valence-electron chi connectivity index (χ4n) is 2.86. The molecule has 1 N–H and O–H groups in total. The van der Waals surface area contributed by atoms with Crippen LogP contribution in [0.2, 0.25) is 0 Å². The lowest BCUT2D eigenvalue weighted by Crippen LogP contribution is -2.45. The van der Waals surface area contributed by atoms with Crippen LogP contribution in [-0.4, -0.2) is 51.8 Å². The Balaban J connectivity index is 1.76. The minimum atomic E-state index is -0.312. The quantitative estimate of drug-likeness (QED) is 0.903. The zero-order chi connectivity index (χ0) is 17.1. The van der Waals surface area contributed by atoms with Crippen molar-refractivity contribution < 1.29 is 9.53 Å². The molecule has 1 saturated heterocycles. The molecule has 0 radical (unpaired) electrons. The highest BCUT2D eigenvalue weighted by Crippen LogP contribution is 2.21. The third-order valence-electron chi connectivity index (χ3n) is 3.99. The summed E-state index contributed by atoms with van der Waals surface area (Å²) in [5.74, 6) is 0. The first-order valence-electron chi connectivity index (χ1n) is 8.10. The molecule has 8 nitrogen and oxygen atoms in total. The SMILES string of the molecule is CCCc1cc(=O)n2nc(NC3CCCN(C(=O)OC)C3)sc2n1. The highest BCUT2D eigenvalue weighted by atomic mass is 32.1. The highest BCUT2D eigenvalue weighted by Gasteiger charge is 2.25. The Morgan fingerprint density at radius 3 is 3.12 bits per heavy atom. The largest absolute Gasteiger partial charge is 0.453 e. The van der Waals surface area contributed by atoms with Gasteiger partial charge in [0.15, 0.2) is 0 Å². The number of hydrogen-bond acceptors (Lipinski definition) is 7. The highest BCUT2D eigenvalue weighted by molar-refractivity contribution is 7.20. The summed E-state index contributed by atoms with van der Waals surface area (Å²) < 4.78 is 6.11. The monoisotopic (exact) mass is 351 g/mol. The number of hydrogen-bond donors (Lipinski definition) is 1. The smallest absolute Gasteiger partial charge is 0.409 e. The number of nitrogens with zero attached hydrogens (tertiary/aromatic N) is 4. The number of anilines is 1. The maximum atomic E-state index is 12.1. The Kier molecular flexibility index (Phi) is 4.98. The number of ether oxygens (including phenoxy) is 1. The number of methoxy groups -OCH3 is 1. The van der Waals surface area contributed by atoms with Gasteiger partial charge in [0.2, 0.25) is 10.1 Å². The number of carbonyl (C=O) groups is 1. The second-order valence-corrected chi connectivity index (χ2v) is 6.79. The van der Waals surface area contributed by atoms with E-state index in [1.165, 1.54) is 23.0 Å². The fourth-order valence-corrected chi connectivity index (χ4v) is 3.76. The van der Waals surface area contributed by atoms with Gasteiger partial charge in [0, 0.05) is 30.9 Å². The summed E-state index contributed by atoms with van der Waals surface area (Å²) in [6.45, 7) is 3.32. The van der Waals surface area contributed by atoms with Gasteiger partial charge in [-0.05, 0) is 19.3 Å². The standard InChI is InChI=1S/C15H21N5O3S/c1-3-5-10-8-12(21)20-14(17-10)24-13(18-20)16-11-6-4-7-19(9-11)15(22)23-2/h8,11H,3-7,9H2,1-2H3,(H,16,18). The summed E-state index contributed by atoms with van der Waals surface area (Å²) in [5, 5.41) is 8.27. The minimum Gasteiger partial charge on any atom is -0.453 e. The van der Waals surface area contributed by atoms with Gasteiger partial charge in [0.05, 0.1) is 7.11 Å². The normalized spacial score (nSPS) is 17.9. The molecule has 0 bridgehead atoms. The Morgan fingerprint density at radius 2 is 2.38 bits per heavy atom. The van der Waals surface area contributed by atoms with Gasteiger partial charge in [-0.1, -0.05) is 24.7 Å². The fraction of sp³-hybridized carbons (Fsp3) is 0.600. The molecule has 1 fully saturated rings. The first kappa shape index (κ1) is 16.7. The topological polar surface area (TPSA) is 88.8 Å². The lowest BCUT2D eigenvalue weighted by molar-refractivity contribution is 0.113. The number of piperidine rings is 1. The van der Waals surface area contributed by atoms with Crippen LogP contribution < -0.4 is 10.9 Å². The Bertz CT molecular complexity index is 787. The number of rotatable bonds is 4. The molecule has 1 unspecified atom stereocenters. The van der Waals surface area contributed by atoms with Crippen LogP contribution >= 0.6 is 11.3 Å². The molecule has 3 rings (SSSR count). The van der Waals surface area contributed by atoms with Crippen molar-refractivity contribution in [2.45, 2.75) is 38.6 Å². The van der Waals surface area contributed by atoms with E-state index in [9.17, 15) is 9.59 Å².